The van der Waals surface area contributed by atoms with Crippen molar-refractivity contribution < 1.29 is 9.53 Å². The van der Waals surface area contributed by atoms with Crippen LogP contribution in [0.4, 0.5) is 5.00 Å². The van der Waals surface area contributed by atoms with Gasteiger partial charge in [0.25, 0.3) is 5.91 Å². The summed E-state index contributed by atoms with van der Waals surface area (Å²) >= 11 is 1.45. The number of amides is 1. The van der Waals surface area contributed by atoms with Crippen LogP contribution in [0.5, 0.6) is 5.75 Å². The SMILES string of the molecule is Cc1ccc(COc2ccc3ccccc3c2/C=C(\C#N)C(=O)Nc2sc3c(c2C#N)CCCC3)cc1. The largest absolute Gasteiger partial charge is 0.488 e. The summed E-state index contributed by atoms with van der Waals surface area (Å²) in [6.07, 6.45) is 5.48. The van der Waals surface area contributed by atoms with E-state index in [-0.39, 0.29) is 5.57 Å². The van der Waals surface area contributed by atoms with Gasteiger partial charge < -0.3 is 10.1 Å². The number of nitriles is 2. The molecule has 0 atom stereocenters. The molecule has 1 N–H and O–H groups in total. The number of fused-ring (bicyclic) bond motifs is 2. The van der Waals surface area contributed by atoms with Crippen LogP contribution in [-0.4, -0.2) is 5.91 Å². The zero-order chi connectivity index (χ0) is 25.8. The standard InChI is InChI=1S/C31H25N3O2S/c1-20-10-12-21(13-11-20)19-36-28-15-14-22-6-2-3-7-24(22)26(28)16-23(17-32)30(35)34-31-27(18-33)25-8-4-5-9-29(25)37-31/h2-3,6-7,10-16H,4-5,8-9,19H2,1H3,(H,34,35)/b23-16+. The number of aryl methyl sites for hydroxylation is 2. The van der Waals surface area contributed by atoms with Crippen LogP contribution in [0.25, 0.3) is 16.8 Å². The Morgan fingerprint density at radius 1 is 1.05 bits per heavy atom. The molecule has 1 aliphatic carbocycles. The van der Waals surface area contributed by atoms with Crippen LogP contribution in [0, 0.1) is 29.6 Å². The number of carbonyl (C=O) groups is 1. The number of rotatable bonds is 6. The van der Waals surface area contributed by atoms with E-state index >= 15 is 0 Å². The van der Waals surface area contributed by atoms with Crippen molar-refractivity contribution >= 4 is 39.1 Å². The molecule has 1 amide bonds. The number of nitrogens with zero attached hydrogens (tertiary/aromatic N) is 2. The Labute approximate surface area is 220 Å². The van der Waals surface area contributed by atoms with Gasteiger partial charge in [-0.15, -0.1) is 11.3 Å². The number of thiophene rings is 1. The summed E-state index contributed by atoms with van der Waals surface area (Å²) in [7, 11) is 0. The van der Waals surface area contributed by atoms with Crippen LogP contribution >= 0.6 is 11.3 Å². The number of benzene rings is 3. The summed E-state index contributed by atoms with van der Waals surface area (Å²) in [5.74, 6) is 0.0548. The van der Waals surface area contributed by atoms with Gasteiger partial charge in [-0.2, -0.15) is 10.5 Å². The van der Waals surface area contributed by atoms with Gasteiger partial charge in [-0.05, 0) is 66.6 Å². The summed E-state index contributed by atoms with van der Waals surface area (Å²) in [5, 5.41) is 24.9. The number of nitrogens with one attached hydrogen (secondary N) is 1. The van der Waals surface area contributed by atoms with E-state index in [0.29, 0.717) is 28.5 Å². The minimum absolute atomic E-state index is 0.0493. The second-order valence-electron chi connectivity index (χ2n) is 9.12. The summed E-state index contributed by atoms with van der Waals surface area (Å²) in [5.41, 5.74) is 4.39. The van der Waals surface area contributed by atoms with Crippen molar-refractivity contribution in [1.82, 2.24) is 0 Å². The van der Waals surface area contributed by atoms with Crippen molar-refractivity contribution in [3.63, 3.8) is 0 Å². The average Bonchev–Trinajstić information content (AvgIpc) is 3.28. The topological polar surface area (TPSA) is 85.9 Å². The lowest BCUT2D eigenvalue weighted by atomic mass is 9.96. The van der Waals surface area contributed by atoms with Gasteiger partial charge in [0, 0.05) is 10.4 Å². The third kappa shape index (κ3) is 5.11. The summed E-state index contributed by atoms with van der Waals surface area (Å²) < 4.78 is 6.18. The maximum absolute atomic E-state index is 13.2. The fraction of sp³-hybridized carbons (Fsp3) is 0.194. The number of carbonyl (C=O) groups excluding carboxylic acids is 1. The number of hydrogen-bond acceptors (Lipinski definition) is 5. The van der Waals surface area contributed by atoms with Crippen LogP contribution in [0.3, 0.4) is 0 Å². The quantitative estimate of drug-likeness (QED) is 0.225. The van der Waals surface area contributed by atoms with Gasteiger partial charge in [0.1, 0.15) is 35.1 Å². The van der Waals surface area contributed by atoms with Crippen LogP contribution in [0.2, 0.25) is 0 Å². The number of hydrogen-bond donors (Lipinski definition) is 1. The van der Waals surface area contributed by atoms with E-state index in [1.165, 1.54) is 16.9 Å². The van der Waals surface area contributed by atoms with Gasteiger partial charge in [-0.1, -0.05) is 60.2 Å². The van der Waals surface area contributed by atoms with Gasteiger partial charge in [-0.25, -0.2) is 0 Å². The number of anilines is 1. The molecule has 5 rings (SSSR count). The smallest absolute Gasteiger partial charge is 0.266 e. The lowest BCUT2D eigenvalue weighted by Crippen LogP contribution is -2.13. The predicted octanol–water partition coefficient (Wildman–Crippen LogP) is 7.08. The maximum Gasteiger partial charge on any atom is 0.266 e. The Morgan fingerprint density at radius 2 is 1.84 bits per heavy atom. The summed E-state index contributed by atoms with van der Waals surface area (Å²) in [6, 6.07) is 24.1. The predicted molar refractivity (Wildman–Crippen MR) is 147 cm³/mol. The minimum atomic E-state index is -0.532. The van der Waals surface area contributed by atoms with E-state index in [1.807, 2.05) is 67.6 Å². The molecule has 0 saturated heterocycles. The normalized spacial score (nSPS) is 12.9. The van der Waals surface area contributed by atoms with Crippen LogP contribution in [-0.2, 0) is 24.2 Å². The van der Waals surface area contributed by atoms with Crippen LogP contribution in [0.1, 0.15) is 45.5 Å². The highest BCUT2D eigenvalue weighted by atomic mass is 32.1. The van der Waals surface area contributed by atoms with Gasteiger partial charge in [0.2, 0.25) is 0 Å². The van der Waals surface area contributed by atoms with Gasteiger partial charge >= 0.3 is 0 Å². The second kappa shape index (κ2) is 10.7. The third-order valence-corrected chi connectivity index (χ3v) is 7.82. The first-order valence-electron chi connectivity index (χ1n) is 12.2. The Balaban J connectivity index is 1.49. The van der Waals surface area contributed by atoms with Crippen molar-refractivity contribution in [2.45, 2.75) is 39.2 Å². The van der Waals surface area contributed by atoms with E-state index in [2.05, 4.69) is 17.5 Å². The fourth-order valence-corrected chi connectivity index (χ4v) is 5.87. The van der Waals surface area contributed by atoms with Gasteiger partial charge in [0.15, 0.2) is 0 Å². The molecule has 1 aliphatic rings. The summed E-state index contributed by atoms with van der Waals surface area (Å²) in [6.45, 7) is 2.40. The highest BCUT2D eigenvalue weighted by Crippen LogP contribution is 2.38. The monoisotopic (exact) mass is 503 g/mol. The van der Waals surface area contributed by atoms with E-state index < -0.39 is 5.91 Å². The van der Waals surface area contributed by atoms with Crippen molar-refractivity contribution in [2.24, 2.45) is 0 Å². The van der Waals surface area contributed by atoms with Crippen molar-refractivity contribution in [1.29, 1.82) is 10.5 Å². The van der Waals surface area contributed by atoms with Gasteiger partial charge in [-0.3, -0.25) is 4.79 Å². The fourth-order valence-electron chi connectivity index (χ4n) is 4.63. The Morgan fingerprint density at radius 3 is 2.62 bits per heavy atom. The molecular weight excluding hydrogens is 478 g/mol. The zero-order valence-corrected chi connectivity index (χ0v) is 21.3. The van der Waals surface area contributed by atoms with Crippen molar-refractivity contribution in [3.8, 4) is 17.9 Å². The van der Waals surface area contributed by atoms with Gasteiger partial charge in [0.05, 0.1) is 5.56 Å². The molecule has 0 spiro atoms. The zero-order valence-electron chi connectivity index (χ0n) is 20.5. The Kier molecular flexibility index (Phi) is 7.03. The van der Waals surface area contributed by atoms with Crippen LogP contribution in [0.15, 0.2) is 66.2 Å². The molecule has 5 nitrogen and oxygen atoms in total. The Hall–Kier alpha value is -4.39. The molecule has 0 fully saturated rings. The first kappa shape index (κ1) is 24.3. The lowest BCUT2D eigenvalue weighted by molar-refractivity contribution is -0.112. The minimum Gasteiger partial charge on any atom is -0.488 e. The van der Waals surface area contributed by atoms with Crippen molar-refractivity contribution in [3.05, 3.63) is 98.9 Å². The number of ether oxygens (including phenoxy) is 1. The molecule has 37 heavy (non-hydrogen) atoms. The first-order valence-corrected chi connectivity index (χ1v) is 13.1. The highest BCUT2D eigenvalue weighted by molar-refractivity contribution is 7.16. The van der Waals surface area contributed by atoms with Crippen molar-refractivity contribution in [2.75, 3.05) is 5.32 Å². The molecule has 0 radical (unpaired) electrons. The molecule has 6 heteroatoms. The van der Waals surface area contributed by atoms with E-state index in [4.69, 9.17) is 4.74 Å². The highest BCUT2D eigenvalue weighted by Gasteiger charge is 2.23. The molecule has 4 aromatic rings. The maximum atomic E-state index is 13.2. The Bertz CT molecular complexity index is 1600. The molecule has 0 aliphatic heterocycles. The lowest BCUT2D eigenvalue weighted by Gasteiger charge is -2.13. The van der Waals surface area contributed by atoms with Crippen LogP contribution < -0.4 is 10.1 Å². The average molecular weight is 504 g/mol. The molecule has 1 aromatic heterocycles. The molecular formula is C31H25N3O2S. The summed E-state index contributed by atoms with van der Waals surface area (Å²) in [4.78, 5) is 14.4. The molecule has 1 heterocycles. The van der Waals surface area contributed by atoms with E-state index in [9.17, 15) is 15.3 Å². The molecule has 0 saturated carbocycles. The second-order valence-corrected chi connectivity index (χ2v) is 10.2. The molecule has 182 valence electrons. The van der Waals surface area contributed by atoms with E-state index in [1.54, 1.807) is 6.08 Å². The van der Waals surface area contributed by atoms with E-state index in [0.717, 1.165) is 52.5 Å². The molecule has 0 bridgehead atoms. The first-order chi connectivity index (χ1) is 18.1. The third-order valence-electron chi connectivity index (χ3n) is 6.61. The molecule has 3 aromatic carbocycles. The molecule has 0 unspecified atom stereocenters.